The highest BCUT2D eigenvalue weighted by Crippen LogP contribution is 2.34. The summed E-state index contributed by atoms with van der Waals surface area (Å²) < 4.78 is 30.5. The van der Waals surface area contributed by atoms with Gasteiger partial charge in [-0.25, -0.2) is 8.78 Å². The lowest BCUT2D eigenvalue weighted by molar-refractivity contribution is 0.0595. The molecule has 0 unspecified atom stereocenters. The van der Waals surface area contributed by atoms with Crippen molar-refractivity contribution < 1.29 is 13.6 Å². The van der Waals surface area contributed by atoms with E-state index in [0.717, 1.165) is 61.7 Å². The van der Waals surface area contributed by atoms with Crippen LogP contribution >= 0.6 is 0 Å². The molecule has 1 amide bonds. The number of hydrogen-bond acceptors (Lipinski definition) is 3. The molecule has 3 heterocycles. The number of piperazine rings is 1. The van der Waals surface area contributed by atoms with Crippen LogP contribution in [-0.2, 0) is 0 Å². The predicted molar refractivity (Wildman–Crippen MR) is 150 cm³/mol. The molecule has 1 fully saturated rings. The van der Waals surface area contributed by atoms with E-state index < -0.39 is 11.6 Å². The Balaban J connectivity index is 1.52. The van der Waals surface area contributed by atoms with Gasteiger partial charge in [0.05, 0.1) is 11.2 Å². The van der Waals surface area contributed by atoms with Crippen molar-refractivity contribution in [3.63, 3.8) is 0 Å². The van der Waals surface area contributed by atoms with Gasteiger partial charge >= 0.3 is 0 Å². The average molecular weight is 521 g/mol. The normalized spacial score (nSPS) is 17.6. The Morgan fingerprint density at radius 3 is 2.34 bits per heavy atom. The molecular formula is C31H38F2N4O. The first kappa shape index (κ1) is 26.6. The second-order valence-corrected chi connectivity index (χ2v) is 11.3. The summed E-state index contributed by atoms with van der Waals surface area (Å²) in [5.74, 6) is -0.640. The van der Waals surface area contributed by atoms with Crippen molar-refractivity contribution in [3.05, 3.63) is 71.4 Å². The van der Waals surface area contributed by atoms with Gasteiger partial charge in [0.15, 0.2) is 0 Å². The van der Waals surface area contributed by atoms with Gasteiger partial charge in [0, 0.05) is 80.6 Å². The van der Waals surface area contributed by atoms with Gasteiger partial charge in [0.2, 0.25) is 0 Å². The van der Waals surface area contributed by atoms with Gasteiger partial charge in [-0.05, 0) is 56.0 Å². The Bertz CT molecular complexity index is 1350. The molecular weight excluding hydrogens is 482 g/mol. The Kier molecular flexibility index (Phi) is 7.68. The summed E-state index contributed by atoms with van der Waals surface area (Å²) in [5, 5.41) is 0.971. The maximum Gasteiger partial charge on any atom is 0.254 e. The molecule has 5 rings (SSSR count). The van der Waals surface area contributed by atoms with Crippen LogP contribution in [-0.4, -0.2) is 77.0 Å². The summed E-state index contributed by atoms with van der Waals surface area (Å²) in [7, 11) is 0. The number of carbonyl (C=O) groups excluding carboxylic acids is 1. The van der Waals surface area contributed by atoms with Crippen molar-refractivity contribution in [2.75, 3.05) is 45.8 Å². The van der Waals surface area contributed by atoms with E-state index in [4.69, 9.17) is 0 Å². The number of amides is 1. The number of fused-ring (bicyclic) bond motifs is 1. The molecule has 2 aliphatic rings. The topological polar surface area (TPSA) is 31.7 Å². The maximum atomic E-state index is 15.0. The lowest BCUT2D eigenvalue weighted by Crippen LogP contribution is -2.50. The van der Waals surface area contributed by atoms with Crippen molar-refractivity contribution in [1.82, 2.24) is 19.3 Å². The summed E-state index contributed by atoms with van der Waals surface area (Å²) in [6.45, 7) is 14.8. The number of nitrogens with zero attached hydrogens (tertiary/aromatic N) is 4. The Hall–Kier alpha value is -3.03. The van der Waals surface area contributed by atoms with Crippen molar-refractivity contribution in [3.8, 4) is 5.69 Å². The highest BCUT2D eigenvalue weighted by Gasteiger charge is 2.25. The van der Waals surface area contributed by atoms with Crippen molar-refractivity contribution >= 4 is 22.4 Å². The molecule has 0 radical (unpaired) electrons. The molecule has 38 heavy (non-hydrogen) atoms. The molecule has 0 atom stereocenters. The first-order valence-electron chi connectivity index (χ1n) is 13.8. The van der Waals surface area contributed by atoms with E-state index in [-0.39, 0.29) is 11.6 Å². The molecule has 0 bridgehead atoms. The number of rotatable bonds is 6. The highest BCUT2D eigenvalue weighted by molar-refractivity contribution is 6.01. The molecule has 0 N–H and O–H groups in total. The lowest BCUT2D eigenvalue weighted by atomic mass is 9.97. The summed E-state index contributed by atoms with van der Waals surface area (Å²) in [5.41, 5.74) is 3.88. The van der Waals surface area contributed by atoms with E-state index in [9.17, 15) is 13.6 Å². The van der Waals surface area contributed by atoms with E-state index in [1.807, 2.05) is 29.3 Å². The second kappa shape index (κ2) is 11.0. The molecule has 1 saturated heterocycles. The molecule has 0 aliphatic carbocycles. The van der Waals surface area contributed by atoms with Crippen LogP contribution in [0.2, 0.25) is 0 Å². The predicted octanol–water partition coefficient (Wildman–Crippen LogP) is 5.82. The van der Waals surface area contributed by atoms with Crippen molar-refractivity contribution in [2.45, 2.75) is 40.2 Å². The monoisotopic (exact) mass is 520 g/mol. The Morgan fingerprint density at radius 2 is 1.71 bits per heavy atom. The zero-order chi connectivity index (χ0) is 27.0. The number of hydrogen-bond donors (Lipinski definition) is 0. The van der Waals surface area contributed by atoms with E-state index in [0.29, 0.717) is 30.6 Å². The average Bonchev–Trinajstić information content (AvgIpc) is 3.27. The first-order valence-corrected chi connectivity index (χ1v) is 13.8. The number of carbonyl (C=O) groups is 1. The number of aromatic nitrogens is 1. The fourth-order valence-electron chi connectivity index (χ4n) is 5.75. The van der Waals surface area contributed by atoms with Gasteiger partial charge in [-0.1, -0.05) is 26.0 Å². The number of halogens is 2. The first-order chi connectivity index (χ1) is 18.2. The molecule has 5 nitrogen and oxygen atoms in total. The van der Waals surface area contributed by atoms with Crippen LogP contribution in [0.3, 0.4) is 0 Å². The van der Waals surface area contributed by atoms with Crippen molar-refractivity contribution in [2.24, 2.45) is 5.92 Å². The Labute approximate surface area is 224 Å². The van der Waals surface area contributed by atoms with Crippen LogP contribution in [0.5, 0.6) is 0 Å². The zero-order valence-electron chi connectivity index (χ0n) is 22.9. The molecule has 2 aromatic carbocycles. The third kappa shape index (κ3) is 5.40. The standard InChI is InChI=1S/C31H38F2N4O/c1-21(2)19-34-11-9-23(10-12-34)27-20-37(29-8-6-25(32)18-28(29)33)30-17-24(5-7-26(27)30)31(38)36-15-13-35(14-16-36)22(3)4/h5-9,17-18,20-22H,10-16,19H2,1-4H3. The van der Waals surface area contributed by atoms with Crippen LogP contribution in [0, 0.1) is 17.6 Å². The van der Waals surface area contributed by atoms with Gasteiger partial charge in [-0.3, -0.25) is 14.6 Å². The number of benzene rings is 2. The molecule has 7 heteroatoms. The third-order valence-corrected chi connectivity index (χ3v) is 7.82. The van der Waals surface area contributed by atoms with E-state index in [2.05, 4.69) is 43.6 Å². The van der Waals surface area contributed by atoms with Crippen LogP contribution in [0.4, 0.5) is 8.78 Å². The van der Waals surface area contributed by atoms with Gasteiger partial charge in [-0.2, -0.15) is 0 Å². The van der Waals surface area contributed by atoms with Crippen LogP contribution in [0.15, 0.2) is 48.7 Å². The summed E-state index contributed by atoms with van der Waals surface area (Å²) in [6, 6.07) is 9.86. The third-order valence-electron chi connectivity index (χ3n) is 7.82. The fraction of sp³-hybridized carbons (Fsp3) is 0.452. The van der Waals surface area contributed by atoms with E-state index in [1.165, 1.54) is 17.7 Å². The SMILES string of the molecule is CC(C)CN1CC=C(c2cn(-c3ccc(F)cc3F)c3cc(C(=O)N4CCN(C(C)C)CC4)ccc23)CC1. The van der Waals surface area contributed by atoms with E-state index in [1.54, 1.807) is 4.57 Å². The fourth-order valence-corrected chi connectivity index (χ4v) is 5.75. The zero-order valence-corrected chi connectivity index (χ0v) is 22.9. The van der Waals surface area contributed by atoms with Crippen LogP contribution in [0.1, 0.15) is 50.0 Å². The lowest BCUT2D eigenvalue weighted by Gasteiger charge is -2.37. The molecule has 1 aromatic heterocycles. The van der Waals surface area contributed by atoms with Crippen LogP contribution in [0.25, 0.3) is 22.2 Å². The molecule has 0 spiro atoms. The summed E-state index contributed by atoms with van der Waals surface area (Å²) in [6.07, 6.45) is 5.11. The maximum absolute atomic E-state index is 15.0. The van der Waals surface area contributed by atoms with Gasteiger partial charge in [-0.15, -0.1) is 0 Å². The minimum Gasteiger partial charge on any atom is -0.336 e. The van der Waals surface area contributed by atoms with Gasteiger partial charge in [0.25, 0.3) is 5.91 Å². The summed E-state index contributed by atoms with van der Waals surface area (Å²) >= 11 is 0. The van der Waals surface area contributed by atoms with Gasteiger partial charge in [0.1, 0.15) is 11.6 Å². The molecule has 0 saturated carbocycles. The molecule has 2 aliphatic heterocycles. The minimum absolute atomic E-state index is 0.00890. The van der Waals surface area contributed by atoms with E-state index >= 15 is 0 Å². The highest BCUT2D eigenvalue weighted by atomic mass is 19.1. The second-order valence-electron chi connectivity index (χ2n) is 11.3. The van der Waals surface area contributed by atoms with Gasteiger partial charge < -0.3 is 9.47 Å². The smallest absolute Gasteiger partial charge is 0.254 e. The Morgan fingerprint density at radius 1 is 0.947 bits per heavy atom. The quantitative estimate of drug-likeness (QED) is 0.411. The molecule has 3 aromatic rings. The minimum atomic E-state index is -0.629. The largest absolute Gasteiger partial charge is 0.336 e. The van der Waals surface area contributed by atoms with Crippen LogP contribution < -0.4 is 0 Å². The molecule has 202 valence electrons. The van der Waals surface area contributed by atoms with Crippen molar-refractivity contribution in [1.29, 1.82) is 0 Å². The summed E-state index contributed by atoms with van der Waals surface area (Å²) in [4.78, 5) is 20.2.